The van der Waals surface area contributed by atoms with Gasteiger partial charge in [0, 0.05) is 30.4 Å². The summed E-state index contributed by atoms with van der Waals surface area (Å²) >= 11 is 0. The highest BCUT2D eigenvalue weighted by atomic mass is 16.4. The highest BCUT2D eigenvalue weighted by Gasteiger charge is 2.05. The summed E-state index contributed by atoms with van der Waals surface area (Å²) in [7, 11) is 0. The topological polar surface area (TPSA) is 76.0 Å². The molecule has 15 heavy (non-hydrogen) atoms. The van der Waals surface area contributed by atoms with Gasteiger partial charge in [0.05, 0.1) is 5.56 Å². The Morgan fingerprint density at radius 2 is 1.93 bits per heavy atom. The van der Waals surface area contributed by atoms with Crippen LogP contribution < -0.4 is 0 Å². The smallest absolute Gasteiger partial charge is 0.338 e. The van der Waals surface area contributed by atoms with E-state index < -0.39 is 5.97 Å². The number of carboxylic acids is 1. The lowest BCUT2D eigenvalue weighted by Crippen LogP contribution is -1.99. The van der Waals surface area contributed by atoms with E-state index in [0.717, 1.165) is 5.56 Å². The zero-order valence-electron chi connectivity index (χ0n) is 7.66. The van der Waals surface area contributed by atoms with Crippen molar-refractivity contribution in [1.29, 1.82) is 0 Å². The molecule has 0 radical (unpaired) electrons. The van der Waals surface area contributed by atoms with Gasteiger partial charge in [-0.05, 0) is 12.1 Å². The molecule has 0 fully saturated rings. The molecule has 0 saturated carbocycles. The first-order chi connectivity index (χ1) is 7.27. The van der Waals surface area contributed by atoms with Crippen molar-refractivity contribution in [2.75, 3.05) is 0 Å². The Kier molecular flexibility index (Phi) is 2.37. The SMILES string of the molecule is O=C(O)c1cnc(-c2cccnc2)nc1. The van der Waals surface area contributed by atoms with E-state index in [-0.39, 0.29) is 5.56 Å². The Labute approximate surface area is 85.5 Å². The second kappa shape index (κ2) is 3.83. The molecule has 5 nitrogen and oxygen atoms in total. The van der Waals surface area contributed by atoms with Gasteiger partial charge in [-0.25, -0.2) is 14.8 Å². The molecule has 0 bridgehead atoms. The normalized spacial score (nSPS) is 9.87. The van der Waals surface area contributed by atoms with Crippen LogP contribution in [0.15, 0.2) is 36.9 Å². The van der Waals surface area contributed by atoms with Gasteiger partial charge < -0.3 is 5.11 Å². The van der Waals surface area contributed by atoms with Gasteiger partial charge in [0.1, 0.15) is 0 Å². The number of carbonyl (C=O) groups is 1. The zero-order valence-corrected chi connectivity index (χ0v) is 7.66. The molecule has 0 saturated heterocycles. The molecule has 0 unspecified atom stereocenters. The van der Waals surface area contributed by atoms with Gasteiger partial charge in [-0.2, -0.15) is 0 Å². The summed E-state index contributed by atoms with van der Waals surface area (Å²) in [6.45, 7) is 0. The molecule has 0 aromatic carbocycles. The van der Waals surface area contributed by atoms with Crippen molar-refractivity contribution in [1.82, 2.24) is 15.0 Å². The molecule has 0 atom stereocenters. The fourth-order valence-electron chi connectivity index (χ4n) is 1.08. The maximum atomic E-state index is 10.6. The van der Waals surface area contributed by atoms with E-state index in [4.69, 9.17) is 5.11 Å². The van der Waals surface area contributed by atoms with Crippen LogP contribution in [-0.4, -0.2) is 26.0 Å². The van der Waals surface area contributed by atoms with Gasteiger partial charge in [-0.3, -0.25) is 4.98 Å². The minimum absolute atomic E-state index is 0.0719. The molecule has 0 amide bonds. The molecular weight excluding hydrogens is 194 g/mol. The largest absolute Gasteiger partial charge is 0.478 e. The first-order valence-corrected chi connectivity index (χ1v) is 4.23. The molecule has 0 aliphatic rings. The van der Waals surface area contributed by atoms with E-state index >= 15 is 0 Å². The molecule has 0 spiro atoms. The van der Waals surface area contributed by atoms with Crippen LogP contribution in [0.25, 0.3) is 11.4 Å². The molecule has 5 heteroatoms. The standard InChI is InChI=1S/C10H7N3O2/c14-10(15)8-5-12-9(13-6-8)7-2-1-3-11-4-7/h1-6H,(H,14,15). The molecule has 2 rings (SSSR count). The summed E-state index contributed by atoms with van der Waals surface area (Å²) in [6.07, 6.45) is 5.82. The van der Waals surface area contributed by atoms with Crippen molar-refractivity contribution in [3.63, 3.8) is 0 Å². The lowest BCUT2D eigenvalue weighted by molar-refractivity contribution is 0.0696. The van der Waals surface area contributed by atoms with Gasteiger partial charge in [-0.15, -0.1) is 0 Å². The summed E-state index contributed by atoms with van der Waals surface area (Å²) in [5.41, 5.74) is 0.831. The second-order valence-corrected chi connectivity index (χ2v) is 2.84. The number of aromatic nitrogens is 3. The predicted molar refractivity (Wildman–Crippen MR) is 52.2 cm³/mol. The van der Waals surface area contributed by atoms with Crippen LogP contribution in [0.4, 0.5) is 0 Å². The number of hydrogen-bond acceptors (Lipinski definition) is 4. The molecule has 2 aromatic heterocycles. The highest BCUT2D eigenvalue weighted by molar-refractivity contribution is 5.86. The molecular formula is C10H7N3O2. The van der Waals surface area contributed by atoms with Crippen LogP contribution in [0.5, 0.6) is 0 Å². The first-order valence-electron chi connectivity index (χ1n) is 4.23. The van der Waals surface area contributed by atoms with Gasteiger partial charge >= 0.3 is 5.97 Å². The van der Waals surface area contributed by atoms with Crippen molar-refractivity contribution >= 4 is 5.97 Å². The van der Waals surface area contributed by atoms with E-state index in [2.05, 4.69) is 15.0 Å². The third-order valence-corrected chi connectivity index (χ3v) is 1.82. The summed E-state index contributed by atoms with van der Waals surface area (Å²) < 4.78 is 0. The van der Waals surface area contributed by atoms with Gasteiger partial charge in [0.25, 0.3) is 0 Å². The summed E-state index contributed by atoms with van der Waals surface area (Å²) in [6, 6.07) is 3.58. The lowest BCUT2D eigenvalue weighted by atomic mass is 10.2. The van der Waals surface area contributed by atoms with Crippen LogP contribution in [0.1, 0.15) is 10.4 Å². The third-order valence-electron chi connectivity index (χ3n) is 1.82. The van der Waals surface area contributed by atoms with Crippen molar-refractivity contribution in [3.8, 4) is 11.4 Å². The Morgan fingerprint density at radius 1 is 1.20 bits per heavy atom. The van der Waals surface area contributed by atoms with E-state index in [0.29, 0.717) is 5.82 Å². The Hall–Kier alpha value is -2.30. The molecule has 2 heterocycles. The number of carboxylic acid groups (broad SMARTS) is 1. The lowest BCUT2D eigenvalue weighted by Gasteiger charge is -1.98. The second-order valence-electron chi connectivity index (χ2n) is 2.84. The maximum Gasteiger partial charge on any atom is 0.338 e. The van der Waals surface area contributed by atoms with Crippen molar-refractivity contribution in [2.24, 2.45) is 0 Å². The average Bonchev–Trinajstić information content (AvgIpc) is 2.30. The number of hydrogen-bond donors (Lipinski definition) is 1. The number of rotatable bonds is 2. The van der Waals surface area contributed by atoms with E-state index in [1.54, 1.807) is 18.5 Å². The minimum Gasteiger partial charge on any atom is -0.478 e. The van der Waals surface area contributed by atoms with Crippen LogP contribution in [-0.2, 0) is 0 Å². The molecule has 0 aliphatic carbocycles. The van der Waals surface area contributed by atoms with Gasteiger partial charge in [0.2, 0.25) is 0 Å². The zero-order chi connectivity index (χ0) is 10.7. The molecule has 74 valence electrons. The van der Waals surface area contributed by atoms with Crippen molar-refractivity contribution in [3.05, 3.63) is 42.5 Å². The maximum absolute atomic E-state index is 10.6. The fourth-order valence-corrected chi connectivity index (χ4v) is 1.08. The van der Waals surface area contributed by atoms with Crippen LogP contribution in [0.3, 0.4) is 0 Å². The summed E-state index contributed by atoms with van der Waals surface area (Å²) in [5, 5.41) is 8.65. The first kappa shape index (κ1) is 9.26. The quantitative estimate of drug-likeness (QED) is 0.790. The molecule has 1 N–H and O–H groups in total. The Morgan fingerprint density at radius 3 is 2.47 bits per heavy atom. The third kappa shape index (κ3) is 1.96. The predicted octanol–water partition coefficient (Wildman–Crippen LogP) is 1.24. The Bertz CT molecular complexity index is 468. The number of pyridine rings is 1. The minimum atomic E-state index is -1.03. The molecule has 2 aromatic rings. The molecule has 0 aliphatic heterocycles. The average molecular weight is 201 g/mol. The van der Waals surface area contributed by atoms with E-state index in [1.807, 2.05) is 6.07 Å². The van der Waals surface area contributed by atoms with Gasteiger partial charge in [-0.1, -0.05) is 0 Å². The Balaban J connectivity index is 2.36. The number of aromatic carboxylic acids is 1. The fraction of sp³-hybridized carbons (Fsp3) is 0. The van der Waals surface area contributed by atoms with Crippen LogP contribution >= 0.6 is 0 Å². The highest BCUT2D eigenvalue weighted by Crippen LogP contribution is 2.11. The number of nitrogens with zero attached hydrogens (tertiary/aromatic N) is 3. The summed E-state index contributed by atoms with van der Waals surface area (Å²) in [4.78, 5) is 22.4. The summed E-state index contributed by atoms with van der Waals surface area (Å²) in [5.74, 6) is -0.569. The van der Waals surface area contributed by atoms with Crippen molar-refractivity contribution < 1.29 is 9.90 Å². The van der Waals surface area contributed by atoms with Gasteiger partial charge in [0.15, 0.2) is 5.82 Å². The van der Waals surface area contributed by atoms with Crippen LogP contribution in [0, 0.1) is 0 Å². The van der Waals surface area contributed by atoms with Crippen molar-refractivity contribution in [2.45, 2.75) is 0 Å². The van der Waals surface area contributed by atoms with E-state index in [9.17, 15) is 4.79 Å². The van der Waals surface area contributed by atoms with E-state index in [1.165, 1.54) is 12.4 Å². The monoisotopic (exact) mass is 201 g/mol. The van der Waals surface area contributed by atoms with Crippen LogP contribution in [0.2, 0.25) is 0 Å².